The molecule has 4 heteroatoms. The van der Waals surface area contributed by atoms with Crippen LogP contribution < -0.4 is 0 Å². The fourth-order valence-corrected chi connectivity index (χ4v) is 2.27. The second kappa shape index (κ2) is 5.22. The van der Waals surface area contributed by atoms with Crippen LogP contribution in [0.2, 0.25) is 0 Å². The molecule has 78 valence electrons. The third-order valence-electron chi connectivity index (χ3n) is 1.81. The van der Waals surface area contributed by atoms with E-state index < -0.39 is 10.8 Å². The van der Waals surface area contributed by atoms with E-state index in [0.29, 0.717) is 17.2 Å². The summed E-state index contributed by atoms with van der Waals surface area (Å²) >= 11 is 0. The van der Waals surface area contributed by atoms with Gasteiger partial charge in [-0.05, 0) is 26.2 Å². The smallest absolute Gasteiger partial charge is 0.139 e. The van der Waals surface area contributed by atoms with E-state index in [1.807, 2.05) is 19.0 Å². The highest BCUT2D eigenvalue weighted by molar-refractivity contribution is 7.85. The van der Waals surface area contributed by atoms with Gasteiger partial charge in [-0.1, -0.05) is 12.1 Å². The Morgan fingerprint density at radius 3 is 2.57 bits per heavy atom. The van der Waals surface area contributed by atoms with Gasteiger partial charge in [0.1, 0.15) is 5.82 Å². The SMILES string of the molecule is CN(C)CCS(=O)c1ccccc1F. The molecule has 0 aliphatic heterocycles. The molecule has 0 fully saturated rings. The van der Waals surface area contributed by atoms with Crippen LogP contribution in [-0.2, 0) is 10.8 Å². The molecular weight excluding hydrogens is 201 g/mol. The Kier molecular flexibility index (Phi) is 4.22. The number of halogens is 1. The molecule has 1 rings (SSSR count). The summed E-state index contributed by atoms with van der Waals surface area (Å²) in [5.74, 6) is 0.0816. The van der Waals surface area contributed by atoms with E-state index in [1.54, 1.807) is 18.2 Å². The summed E-state index contributed by atoms with van der Waals surface area (Å²) in [7, 11) is 2.57. The van der Waals surface area contributed by atoms with Crippen molar-refractivity contribution in [3.8, 4) is 0 Å². The van der Waals surface area contributed by atoms with E-state index >= 15 is 0 Å². The maximum atomic E-state index is 13.2. The lowest BCUT2D eigenvalue weighted by atomic mass is 10.3. The van der Waals surface area contributed by atoms with Gasteiger partial charge >= 0.3 is 0 Å². The maximum Gasteiger partial charge on any atom is 0.139 e. The van der Waals surface area contributed by atoms with Gasteiger partial charge in [0.05, 0.1) is 15.7 Å². The zero-order valence-corrected chi connectivity index (χ0v) is 9.18. The van der Waals surface area contributed by atoms with Crippen molar-refractivity contribution < 1.29 is 8.60 Å². The summed E-state index contributed by atoms with van der Waals surface area (Å²) < 4.78 is 24.8. The summed E-state index contributed by atoms with van der Waals surface area (Å²) in [6.07, 6.45) is 0. The Hall–Kier alpha value is -0.740. The predicted molar refractivity (Wildman–Crippen MR) is 56.2 cm³/mol. The lowest BCUT2D eigenvalue weighted by Crippen LogP contribution is -2.19. The van der Waals surface area contributed by atoms with Crippen molar-refractivity contribution in [1.82, 2.24) is 4.90 Å². The minimum atomic E-state index is -1.23. The molecule has 0 heterocycles. The van der Waals surface area contributed by atoms with E-state index in [2.05, 4.69) is 0 Å². The van der Waals surface area contributed by atoms with Crippen LogP contribution in [0.3, 0.4) is 0 Å². The normalized spacial score (nSPS) is 13.1. The molecule has 0 spiro atoms. The number of hydrogen-bond donors (Lipinski definition) is 0. The number of benzene rings is 1. The third kappa shape index (κ3) is 3.20. The molecule has 2 nitrogen and oxygen atoms in total. The van der Waals surface area contributed by atoms with Gasteiger partial charge < -0.3 is 4.90 Å². The first-order valence-electron chi connectivity index (χ1n) is 4.39. The first-order valence-corrected chi connectivity index (χ1v) is 5.71. The summed E-state index contributed by atoms with van der Waals surface area (Å²) in [6.45, 7) is 0.695. The first kappa shape index (κ1) is 11.3. The molecule has 1 unspecified atom stereocenters. The molecule has 1 aromatic carbocycles. The van der Waals surface area contributed by atoms with Crippen molar-refractivity contribution >= 4 is 10.8 Å². The maximum absolute atomic E-state index is 13.2. The molecule has 0 amide bonds. The van der Waals surface area contributed by atoms with Crippen molar-refractivity contribution in [3.63, 3.8) is 0 Å². The number of hydrogen-bond acceptors (Lipinski definition) is 2. The molecular formula is C10H14FNOS. The Labute approximate surface area is 86.2 Å². The van der Waals surface area contributed by atoms with Gasteiger partial charge in [0, 0.05) is 12.3 Å². The Bertz CT molecular complexity index is 328. The lowest BCUT2D eigenvalue weighted by molar-refractivity contribution is 0.435. The quantitative estimate of drug-likeness (QED) is 0.758. The van der Waals surface area contributed by atoms with Gasteiger partial charge in [-0.25, -0.2) is 4.39 Å². The number of nitrogens with zero attached hydrogens (tertiary/aromatic N) is 1. The van der Waals surface area contributed by atoms with Crippen LogP contribution >= 0.6 is 0 Å². The molecule has 14 heavy (non-hydrogen) atoms. The average Bonchev–Trinajstić information content (AvgIpc) is 2.15. The van der Waals surface area contributed by atoms with Gasteiger partial charge in [-0.15, -0.1) is 0 Å². The largest absolute Gasteiger partial charge is 0.308 e. The Morgan fingerprint density at radius 1 is 1.36 bits per heavy atom. The van der Waals surface area contributed by atoms with Crippen molar-refractivity contribution in [2.45, 2.75) is 4.90 Å². The molecule has 0 aliphatic rings. The minimum Gasteiger partial charge on any atom is -0.308 e. The second-order valence-corrected chi connectivity index (χ2v) is 4.82. The monoisotopic (exact) mass is 215 g/mol. The molecule has 1 aromatic rings. The van der Waals surface area contributed by atoms with Gasteiger partial charge in [0.2, 0.25) is 0 Å². The highest BCUT2D eigenvalue weighted by atomic mass is 32.2. The zero-order chi connectivity index (χ0) is 10.6. The van der Waals surface area contributed by atoms with Crippen molar-refractivity contribution in [2.75, 3.05) is 26.4 Å². The highest BCUT2D eigenvalue weighted by Gasteiger charge is 2.08. The van der Waals surface area contributed by atoms with E-state index in [9.17, 15) is 8.60 Å². The van der Waals surface area contributed by atoms with E-state index in [1.165, 1.54) is 6.07 Å². The van der Waals surface area contributed by atoms with E-state index in [-0.39, 0.29) is 5.82 Å². The topological polar surface area (TPSA) is 20.3 Å². The van der Waals surface area contributed by atoms with Crippen LogP contribution in [0.4, 0.5) is 4.39 Å². The zero-order valence-electron chi connectivity index (χ0n) is 8.37. The molecule has 0 aromatic heterocycles. The van der Waals surface area contributed by atoms with Crippen molar-refractivity contribution in [1.29, 1.82) is 0 Å². The molecule has 0 radical (unpaired) electrons. The van der Waals surface area contributed by atoms with Crippen LogP contribution in [0.5, 0.6) is 0 Å². The van der Waals surface area contributed by atoms with Crippen LogP contribution in [0.15, 0.2) is 29.2 Å². The average molecular weight is 215 g/mol. The first-order chi connectivity index (χ1) is 6.61. The van der Waals surface area contributed by atoms with Gasteiger partial charge in [0.15, 0.2) is 0 Å². The van der Waals surface area contributed by atoms with Gasteiger partial charge in [-0.3, -0.25) is 4.21 Å². The molecule has 0 bridgehead atoms. The van der Waals surface area contributed by atoms with Crippen LogP contribution in [-0.4, -0.2) is 35.5 Å². The fourth-order valence-electron chi connectivity index (χ4n) is 1.00. The van der Waals surface area contributed by atoms with Crippen LogP contribution in [0.1, 0.15) is 0 Å². The highest BCUT2D eigenvalue weighted by Crippen LogP contribution is 2.11. The molecule has 0 saturated carbocycles. The predicted octanol–water partition coefficient (Wildman–Crippen LogP) is 1.49. The van der Waals surface area contributed by atoms with E-state index in [4.69, 9.17) is 0 Å². The Balaban J connectivity index is 2.65. The van der Waals surface area contributed by atoms with E-state index in [0.717, 1.165) is 0 Å². The molecule has 0 N–H and O–H groups in total. The number of rotatable bonds is 4. The summed E-state index contributed by atoms with van der Waals surface area (Å²) in [6, 6.07) is 6.21. The summed E-state index contributed by atoms with van der Waals surface area (Å²) in [5.41, 5.74) is 0. The third-order valence-corrected chi connectivity index (χ3v) is 3.18. The summed E-state index contributed by atoms with van der Waals surface area (Å²) in [4.78, 5) is 2.23. The van der Waals surface area contributed by atoms with Crippen molar-refractivity contribution in [3.05, 3.63) is 30.1 Å². The van der Waals surface area contributed by atoms with Crippen LogP contribution in [0, 0.1) is 5.82 Å². The summed E-state index contributed by atoms with van der Waals surface area (Å²) in [5, 5.41) is 0. The second-order valence-electron chi connectivity index (χ2n) is 3.28. The molecule has 0 aliphatic carbocycles. The minimum absolute atomic E-state index is 0.300. The fraction of sp³-hybridized carbons (Fsp3) is 0.400. The molecule has 0 saturated heterocycles. The van der Waals surface area contributed by atoms with Gasteiger partial charge in [-0.2, -0.15) is 0 Å². The van der Waals surface area contributed by atoms with Crippen molar-refractivity contribution in [2.24, 2.45) is 0 Å². The lowest BCUT2D eigenvalue weighted by Gasteiger charge is -2.09. The van der Waals surface area contributed by atoms with Gasteiger partial charge in [0.25, 0.3) is 0 Å². The Morgan fingerprint density at radius 2 is 2.00 bits per heavy atom. The molecule has 1 atom stereocenters. The van der Waals surface area contributed by atoms with Crippen LogP contribution in [0.25, 0.3) is 0 Å². The standard InChI is InChI=1S/C10H14FNOS/c1-12(2)7-8-14(13)10-6-4-3-5-9(10)11/h3-6H,7-8H2,1-2H3.